The molecule has 0 unspecified atom stereocenters. The minimum atomic E-state index is -1.00. The first kappa shape index (κ1) is 23.2. The normalized spacial score (nSPS) is 11.8. The maximum atomic E-state index is 12.4. The van der Waals surface area contributed by atoms with Crippen LogP contribution in [0.1, 0.15) is 30.9 Å². The molecule has 160 valence electrons. The van der Waals surface area contributed by atoms with Gasteiger partial charge in [0.05, 0.1) is 7.11 Å². The predicted octanol–water partition coefficient (Wildman–Crippen LogP) is 5.22. The zero-order valence-corrected chi connectivity index (χ0v) is 17.6. The van der Waals surface area contributed by atoms with Crippen molar-refractivity contribution in [1.82, 2.24) is 0 Å². The molecular formula is C22H25NO6S. The van der Waals surface area contributed by atoms with Gasteiger partial charge in [-0.1, -0.05) is 12.1 Å². The molecule has 2 rings (SSSR count). The Morgan fingerprint density at radius 2 is 1.93 bits per heavy atom. The molecule has 0 saturated carbocycles. The van der Waals surface area contributed by atoms with Gasteiger partial charge in [0.25, 0.3) is 0 Å². The molecule has 0 aliphatic heterocycles. The van der Waals surface area contributed by atoms with Crippen molar-refractivity contribution in [2.24, 2.45) is 0 Å². The lowest BCUT2D eigenvalue weighted by atomic mass is 10.0. The number of phenols is 1. The van der Waals surface area contributed by atoms with E-state index >= 15 is 0 Å². The van der Waals surface area contributed by atoms with Crippen LogP contribution in [0.2, 0.25) is 0 Å². The molecule has 7 nitrogen and oxygen atoms in total. The molecule has 0 spiro atoms. The summed E-state index contributed by atoms with van der Waals surface area (Å²) in [6.07, 6.45) is 4.94. The number of aromatic hydroxyl groups is 1. The number of benzene rings is 2. The van der Waals surface area contributed by atoms with Gasteiger partial charge in [-0.3, -0.25) is 5.32 Å². The van der Waals surface area contributed by atoms with E-state index in [4.69, 9.17) is 14.6 Å². The highest BCUT2D eigenvalue weighted by Crippen LogP contribution is 2.32. The monoisotopic (exact) mass is 431 g/mol. The van der Waals surface area contributed by atoms with E-state index in [0.717, 1.165) is 11.0 Å². The van der Waals surface area contributed by atoms with Gasteiger partial charge in [-0.05, 0) is 67.5 Å². The summed E-state index contributed by atoms with van der Waals surface area (Å²) in [4.78, 5) is 24.1. The number of carboxylic acids is 1. The first-order chi connectivity index (χ1) is 14.4. The largest absolute Gasteiger partial charge is 0.504 e. The Morgan fingerprint density at radius 1 is 1.20 bits per heavy atom. The maximum absolute atomic E-state index is 12.4. The summed E-state index contributed by atoms with van der Waals surface area (Å²) in [5.41, 5.74) is 1.22. The van der Waals surface area contributed by atoms with E-state index in [-0.39, 0.29) is 5.75 Å². The highest BCUT2D eigenvalue weighted by atomic mass is 32.2. The van der Waals surface area contributed by atoms with Gasteiger partial charge in [0.1, 0.15) is 6.10 Å². The van der Waals surface area contributed by atoms with E-state index in [1.54, 1.807) is 42.1 Å². The number of nitrogens with one attached hydrogen (secondary N) is 1. The molecule has 3 N–H and O–H groups in total. The second-order valence-corrected chi connectivity index (χ2v) is 7.23. The molecule has 0 aromatic heterocycles. The van der Waals surface area contributed by atoms with E-state index in [1.165, 1.54) is 13.2 Å². The summed E-state index contributed by atoms with van der Waals surface area (Å²) < 4.78 is 10.7. The van der Waals surface area contributed by atoms with Crippen molar-refractivity contribution in [3.05, 3.63) is 60.2 Å². The molecule has 0 aliphatic carbocycles. The van der Waals surface area contributed by atoms with Gasteiger partial charge in [-0.15, -0.1) is 11.8 Å². The van der Waals surface area contributed by atoms with E-state index in [0.29, 0.717) is 36.3 Å². The molecule has 1 atom stereocenters. The van der Waals surface area contributed by atoms with Crippen LogP contribution in [-0.2, 0) is 9.53 Å². The van der Waals surface area contributed by atoms with Gasteiger partial charge in [0.15, 0.2) is 11.5 Å². The van der Waals surface area contributed by atoms with Gasteiger partial charge < -0.3 is 19.7 Å². The van der Waals surface area contributed by atoms with Crippen LogP contribution in [0.4, 0.5) is 10.5 Å². The fraction of sp³-hybridized carbons (Fsp3) is 0.273. The van der Waals surface area contributed by atoms with Crippen LogP contribution >= 0.6 is 11.8 Å². The zero-order valence-electron chi connectivity index (χ0n) is 16.8. The van der Waals surface area contributed by atoms with Crippen LogP contribution in [0.3, 0.4) is 0 Å². The molecule has 8 heteroatoms. The average molecular weight is 432 g/mol. The Bertz CT molecular complexity index is 882. The Hall–Kier alpha value is -3.13. The summed E-state index contributed by atoms with van der Waals surface area (Å²) in [7, 11) is 1.45. The fourth-order valence-electron chi connectivity index (χ4n) is 2.76. The number of anilines is 1. The van der Waals surface area contributed by atoms with Crippen LogP contribution in [0, 0.1) is 0 Å². The third-order valence-corrected chi connectivity index (χ3v) is 5.00. The van der Waals surface area contributed by atoms with Crippen molar-refractivity contribution < 1.29 is 29.3 Å². The number of carboxylic acid groups (broad SMARTS) is 1. The lowest BCUT2D eigenvalue weighted by Gasteiger charge is -2.19. The van der Waals surface area contributed by atoms with E-state index in [2.05, 4.69) is 5.32 Å². The summed E-state index contributed by atoms with van der Waals surface area (Å²) in [6, 6.07) is 12.2. The van der Waals surface area contributed by atoms with Gasteiger partial charge in [0.2, 0.25) is 0 Å². The zero-order chi connectivity index (χ0) is 21.9. The third kappa shape index (κ3) is 7.36. The minimum Gasteiger partial charge on any atom is -0.504 e. The molecule has 0 saturated heterocycles. The fourth-order valence-corrected chi connectivity index (χ4v) is 3.17. The van der Waals surface area contributed by atoms with Crippen molar-refractivity contribution in [1.29, 1.82) is 0 Å². The number of unbranched alkanes of at least 4 members (excludes halogenated alkanes) is 1. The van der Waals surface area contributed by atoms with Crippen LogP contribution in [0.25, 0.3) is 0 Å². The maximum Gasteiger partial charge on any atom is 0.412 e. The molecule has 0 heterocycles. The molecule has 0 fully saturated rings. The summed E-state index contributed by atoms with van der Waals surface area (Å²) in [6.45, 7) is 0. The van der Waals surface area contributed by atoms with Crippen molar-refractivity contribution in [3.8, 4) is 11.5 Å². The molecular weight excluding hydrogens is 406 g/mol. The van der Waals surface area contributed by atoms with Gasteiger partial charge >= 0.3 is 12.1 Å². The first-order valence-corrected chi connectivity index (χ1v) is 10.5. The molecule has 0 aliphatic rings. The highest BCUT2D eigenvalue weighted by molar-refractivity contribution is 7.98. The van der Waals surface area contributed by atoms with Crippen LogP contribution in [0.5, 0.6) is 11.5 Å². The standard InChI is InChI=1S/C22H25NO6S/c1-28-20-13-8-15(14-18(20)24)19(6-4-3-5-7-21(25)26)29-22(27)23-16-9-11-17(30-2)12-10-16/h5,7-14,19,24H,3-4,6H2,1-2H3,(H,23,27)(H,25,26)/b7-5+/t19-/m0/s1. The smallest absolute Gasteiger partial charge is 0.412 e. The summed E-state index contributed by atoms with van der Waals surface area (Å²) in [5, 5.41) is 21.4. The molecule has 2 aromatic rings. The molecule has 30 heavy (non-hydrogen) atoms. The van der Waals surface area contributed by atoms with E-state index in [9.17, 15) is 14.7 Å². The second-order valence-electron chi connectivity index (χ2n) is 6.35. The third-order valence-electron chi connectivity index (χ3n) is 4.26. The van der Waals surface area contributed by atoms with Crippen LogP contribution in [0.15, 0.2) is 59.5 Å². The number of carbonyl (C=O) groups excluding carboxylic acids is 1. The molecule has 2 aromatic carbocycles. The molecule has 1 amide bonds. The van der Waals surface area contributed by atoms with Gasteiger partial charge in [-0.25, -0.2) is 9.59 Å². The number of allylic oxidation sites excluding steroid dienone is 1. The van der Waals surface area contributed by atoms with Crippen molar-refractivity contribution >= 4 is 29.5 Å². The number of aliphatic carboxylic acids is 1. The minimum absolute atomic E-state index is 0.0533. The number of rotatable bonds is 10. The quantitative estimate of drug-likeness (QED) is 0.269. The number of thioether (sulfide) groups is 1. The van der Waals surface area contributed by atoms with Crippen molar-refractivity contribution in [2.45, 2.75) is 30.3 Å². The molecule has 0 bridgehead atoms. The van der Waals surface area contributed by atoms with E-state index in [1.807, 2.05) is 18.4 Å². The van der Waals surface area contributed by atoms with Crippen molar-refractivity contribution in [2.75, 3.05) is 18.7 Å². The molecule has 0 radical (unpaired) electrons. The predicted molar refractivity (Wildman–Crippen MR) is 116 cm³/mol. The number of ether oxygens (including phenoxy) is 2. The van der Waals surface area contributed by atoms with Crippen LogP contribution in [-0.4, -0.2) is 35.6 Å². The number of carbonyl (C=O) groups is 2. The lowest BCUT2D eigenvalue weighted by molar-refractivity contribution is -0.131. The Labute approximate surface area is 179 Å². The summed E-state index contributed by atoms with van der Waals surface area (Å²) in [5.74, 6) is -0.739. The first-order valence-electron chi connectivity index (χ1n) is 9.31. The topological polar surface area (TPSA) is 105 Å². The number of methoxy groups -OCH3 is 1. The number of phenolic OH excluding ortho intramolecular Hbond substituents is 1. The SMILES string of the molecule is COc1ccc([C@H](CCC/C=C/C(=O)O)OC(=O)Nc2ccc(SC)cc2)cc1O. The second kappa shape index (κ2) is 11.8. The Morgan fingerprint density at radius 3 is 2.53 bits per heavy atom. The Balaban J connectivity index is 2.07. The van der Waals surface area contributed by atoms with Gasteiger partial charge in [-0.2, -0.15) is 0 Å². The highest BCUT2D eigenvalue weighted by Gasteiger charge is 2.18. The van der Waals surface area contributed by atoms with Crippen molar-refractivity contribution in [3.63, 3.8) is 0 Å². The van der Waals surface area contributed by atoms with E-state index < -0.39 is 18.2 Å². The Kier molecular flexibility index (Phi) is 9.08. The average Bonchev–Trinajstić information content (AvgIpc) is 2.73. The number of amides is 1. The number of hydrogen-bond acceptors (Lipinski definition) is 6. The van der Waals surface area contributed by atoms with Gasteiger partial charge in [0, 0.05) is 16.7 Å². The van der Waals surface area contributed by atoms with Crippen LogP contribution < -0.4 is 10.1 Å². The number of hydrogen-bond donors (Lipinski definition) is 3. The summed E-state index contributed by atoms with van der Waals surface area (Å²) >= 11 is 1.60. The lowest BCUT2D eigenvalue weighted by Crippen LogP contribution is -2.17.